The molecule has 14 nitrogen and oxygen atoms in total. The maximum absolute atomic E-state index is 14.0. The van der Waals surface area contributed by atoms with Crippen LogP contribution in [0.25, 0.3) is 0 Å². The molecule has 0 aromatic rings. The van der Waals surface area contributed by atoms with Crippen LogP contribution in [0.3, 0.4) is 0 Å². The van der Waals surface area contributed by atoms with Gasteiger partial charge in [-0.25, -0.2) is 0 Å². The number of likely N-dealkylation sites (N-methyl/N-ethyl adjacent to an activating group) is 1. The standard InChI is InChI=1S/C47H82N2O12/c1-13-37-34(25-58-47-46(57-12)45(56-11)42(54)32(8)59-47)19-26(2)14-15-35(50)29(5)20-33(16-17-49-23-27(3)18-28(4)24-49)44(31(7)36(51)22-39(52)60-37)61-38-21-30(6)41(53)40(43(38)55)48(9)10/h14-15,19,27-34,36-38,40-47,51,53-55H,13,16-18,20-25H2,1-12H3/b15-14+,26-19+/t27-,28-,29+,30?,31-,32?,33-,34+,36+,37+,38?,40?,41?,42?,43?,44+,45?,46?,47?/m0/s1. The van der Waals surface area contributed by atoms with Crippen molar-refractivity contribution in [1.29, 1.82) is 0 Å². The lowest BCUT2D eigenvalue weighted by atomic mass is 9.77. The smallest absolute Gasteiger partial charge is 0.308 e. The van der Waals surface area contributed by atoms with Gasteiger partial charge in [-0.3, -0.25) is 9.59 Å². The summed E-state index contributed by atoms with van der Waals surface area (Å²) in [6.07, 6.45) is -0.454. The molecule has 10 unspecified atom stereocenters. The third-order valence-electron chi connectivity index (χ3n) is 14.0. The zero-order chi connectivity index (χ0) is 45.3. The summed E-state index contributed by atoms with van der Waals surface area (Å²) in [6.45, 7) is 18.7. The van der Waals surface area contributed by atoms with Gasteiger partial charge in [-0.2, -0.15) is 0 Å². The summed E-state index contributed by atoms with van der Waals surface area (Å²) in [4.78, 5) is 32.2. The van der Waals surface area contributed by atoms with Crippen molar-refractivity contribution in [1.82, 2.24) is 9.80 Å². The third kappa shape index (κ3) is 13.8. The molecule has 3 aliphatic heterocycles. The van der Waals surface area contributed by atoms with Crippen molar-refractivity contribution in [3.63, 3.8) is 0 Å². The van der Waals surface area contributed by atoms with E-state index in [0.717, 1.165) is 25.2 Å². The SMILES string of the molecule is CC[C@H]1OC(=O)C[C@@H](O)[C@H](C)[C@@H](OC2CC(C)C(O)C(N(C)C)C2O)[C@@H](CCN2C[C@@H](C)C[C@H](C)C2)C[C@@H](C)C(=O)/C=C/C(C)=C/[C@@H]1COC1OC(C)C(O)C(OC)C1OC. The first-order valence-corrected chi connectivity index (χ1v) is 23.0. The maximum atomic E-state index is 14.0. The molecule has 0 radical (unpaired) electrons. The van der Waals surface area contributed by atoms with Crippen LogP contribution < -0.4 is 0 Å². The van der Waals surface area contributed by atoms with E-state index in [9.17, 15) is 30.0 Å². The van der Waals surface area contributed by atoms with Crippen molar-refractivity contribution in [3.05, 3.63) is 23.8 Å². The van der Waals surface area contributed by atoms with Crippen LogP contribution in [0.15, 0.2) is 23.8 Å². The Labute approximate surface area is 366 Å². The first-order chi connectivity index (χ1) is 28.8. The van der Waals surface area contributed by atoms with Crippen LogP contribution in [0.2, 0.25) is 0 Å². The number of cyclic esters (lactones) is 1. The molecule has 0 aromatic carbocycles. The summed E-state index contributed by atoms with van der Waals surface area (Å²) in [5.74, 6) is -1.30. The van der Waals surface area contributed by atoms with E-state index in [1.165, 1.54) is 20.6 Å². The number of aliphatic hydroxyl groups excluding tert-OH is 4. The lowest BCUT2D eigenvalue weighted by molar-refractivity contribution is -0.304. The van der Waals surface area contributed by atoms with Crippen LogP contribution in [-0.2, 0) is 38.0 Å². The quantitative estimate of drug-likeness (QED) is 0.207. The molecule has 0 aromatic heterocycles. The van der Waals surface area contributed by atoms with Gasteiger partial charge >= 0.3 is 5.97 Å². The van der Waals surface area contributed by atoms with Gasteiger partial charge in [-0.15, -0.1) is 0 Å². The van der Waals surface area contributed by atoms with Gasteiger partial charge in [-0.05, 0) is 96.3 Å². The van der Waals surface area contributed by atoms with E-state index in [2.05, 4.69) is 18.7 Å². The normalized spacial score (nSPS) is 44.3. The molecular formula is C47H82N2O12. The number of aliphatic hydroxyl groups is 4. The molecule has 3 fully saturated rings. The number of rotatable bonds is 12. The van der Waals surface area contributed by atoms with Crippen molar-refractivity contribution in [2.75, 3.05) is 54.6 Å². The Balaban J connectivity index is 1.68. The van der Waals surface area contributed by atoms with Crippen LogP contribution in [0, 0.1) is 41.4 Å². The summed E-state index contributed by atoms with van der Waals surface area (Å²) < 4.78 is 36.8. The number of carbonyl (C=O) groups excluding carboxylic acids is 2. The second-order valence-electron chi connectivity index (χ2n) is 19.5. The van der Waals surface area contributed by atoms with Gasteiger partial charge in [0.05, 0.1) is 55.7 Å². The molecule has 352 valence electrons. The van der Waals surface area contributed by atoms with Gasteiger partial charge in [0.2, 0.25) is 0 Å². The van der Waals surface area contributed by atoms with E-state index in [0.29, 0.717) is 37.5 Å². The second kappa shape index (κ2) is 23.9. The summed E-state index contributed by atoms with van der Waals surface area (Å²) in [6, 6.07) is -0.559. The van der Waals surface area contributed by atoms with E-state index in [4.69, 9.17) is 28.4 Å². The molecule has 2 saturated heterocycles. The predicted octanol–water partition coefficient (Wildman–Crippen LogP) is 4.01. The van der Waals surface area contributed by atoms with E-state index in [1.807, 2.05) is 59.7 Å². The van der Waals surface area contributed by atoms with Crippen molar-refractivity contribution in [2.45, 2.75) is 167 Å². The monoisotopic (exact) mass is 867 g/mol. The number of esters is 1. The van der Waals surface area contributed by atoms with E-state index in [-0.39, 0.29) is 30.6 Å². The van der Waals surface area contributed by atoms with Gasteiger partial charge < -0.3 is 58.6 Å². The highest BCUT2D eigenvalue weighted by Crippen LogP contribution is 2.37. The summed E-state index contributed by atoms with van der Waals surface area (Å²) in [7, 11) is 6.66. The lowest BCUT2D eigenvalue weighted by Gasteiger charge is -2.47. The summed E-state index contributed by atoms with van der Waals surface area (Å²) >= 11 is 0. The Bertz CT molecular complexity index is 1420. The molecule has 1 saturated carbocycles. The highest BCUT2D eigenvalue weighted by molar-refractivity contribution is 5.91. The number of nitrogens with zero attached hydrogens (tertiary/aromatic N) is 2. The molecule has 61 heavy (non-hydrogen) atoms. The van der Waals surface area contributed by atoms with Crippen molar-refractivity contribution in [2.24, 2.45) is 41.4 Å². The van der Waals surface area contributed by atoms with E-state index < -0.39 is 97.1 Å². The minimum absolute atomic E-state index is 0.0397. The number of allylic oxidation sites excluding steroid dienone is 3. The molecule has 1 aliphatic carbocycles. The molecule has 14 heteroatoms. The van der Waals surface area contributed by atoms with Crippen molar-refractivity contribution < 1.29 is 58.4 Å². The Morgan fingerprint density at radius 2 is 1.51 bits per heavy atom. The van der Waals surface area contributed by atoms with E-state index in [1.54, 1.807) is 19.1 Å². The average Bonchev–Trinajstić information content (AvgIpc) is 3.19. The van der Waals surface area contributed by atoms with Crippen LogP contribution >= 0.6 is 0 Å². The molecule has 19 atom stereocenters. The maximum Gasteiger partial charge on any atom is 0.308 e. The van der Waals surface area contributed by atoms with E-state index >= 15 is 0 Å². The van der Waals surface area contributed by atoms with Gasteiger partial charge in [0, 0.05) is 45.1 Å². The minimum Gasteiger partial charge on any atom is -0.462 e. The number of ether oxygens (including phenoxy) is 6. The van der Waals surface area contributed by atoms with Crippen LogP contribution in [-0.4, -0.2) is 170 Å². The molecule has 4 N–H and O–H groups in total. The third-order valence-corrected chi connectivity index (χ3v) is 14.0. The minimum atomic E-state index is -1.16. The Kier molecular flexibility index (Phi) is 20.3. The molecule has 0 bridgehead atoms. The first-order valence-electron chi connectivity index (χ1n) is 23.0. The van der Waals surface area contributed by atoms with Crippen molar-refractivity contribution in [3.8, 4) is 0 Å². The molecular weight excluding hydrogens is 785 g/mol. The Hall–Kier alpha value is -1.82. The Morgan fingerprint density at radius 3 is 2.11 bits per heavy atom. The largest absolute Gasteiger partial charge is 0.462 e. The zero-order valence-electron chi connectivity index (χ0n) is 39.2. The predicted molar refractivity (Wildman–Crippen MR) is 232 cm³/mol. The summed E-state index contributed by atoms with van der Waals surface area (Å²) in [5.41, 5.74) is 0.778. The number of hydrogen-bond acceptors (Lipinski definition) is 14. The molecule has 0 amide bonds. The number of methoxy groups -OCH3 is 2. The highest BCUT2D eigenvalue weighted by atomic mass is 16.7. The Morgan fingerprint density at radius 1 is 0.852 bits per heavy atom. The lowest BCUT2D eigenvalue weighted by Crippen LogP contribution is -2.60. The van der Waals surface area contributed by atoms with Crippen LogP contribution in [0.1, 0.15) is 93.9 Å². The summed E-state index contributed by atoms with van der Waals surface area (Å²) in [5, 5.41) is 45.5. The highest BCUT2D eigenvalue weighted by Gasteiger charge is 2.47. The topological polar surface area (TPSA) is 177 Å². The number of hydrogen-bond donors (Lipinski definition) is 4. The number of ketones is 1. The van der Waals surface area contributed by atoms with Crippen LogP contribution in [0.5, 0.6) is 0 Å². The molecule has 3 heterocycles. The molecule has 0 spiro atoms. The number of likely N-dealkylation sites (tertiary alicyclic amines) is 1. The fraction of sp³-hybridized carbons (Fsp3) is 0.872. The molecule has 4 aliphatic rings. The average molecular weight is 867 g/mol. The van der Waals surface area contributed by atoms with Gasteiger partial charge in [0.1, 0.15) is 24.4 Å². The fourth-order valence-electron chi connectivity index (χ4n) is 10.5. The van der Waals surface area contributed by atoms with Gasteiger partial charge in [-0.1, -0.05) is 59.3 Å². The zero-order valence-corrected chi connectivity index (χ0v) is 39.2. The van der Waals surface area contributed by atoms with Gasteiger partial charge in [0.15, 0.2) is 12.1 Å². The second-order valence-corrected chi connectivity index (χ2v) is 19.5. The first kappa shape index (κ1) is 51.8. The van der Waals surface area contributed by atoms with Crippen LogP contribution in [0.4, 0.5) is 0 Å². The number of carbonyl (C=O) groups is 2. The van der Waals surface area contributed by atoms with Gasteiger partial charge in [0.25, 0.3) is 0 Å². The molecule has 4 rings (SSSR count). The van der Waals surface area contributed by atoms with Crippen molar-refractivity contribution >= 4 is 11.8 Å². The fourth-order valence-corrected chi connectivity index (χ4v) is 10.5. The number of piperidine rings is 1.